The summed E-state index contributed by atoms with van der Waals surface area (Å²) in [7, 11) is 1.82. The summed E-state index contributed by atoms with van der Waals surface area (Å²) in [6.45, 7) is 1.02. The summed E-state index contributed by atoms with van der Waals surface area (Å²) in [6.07, 6.45) is 3.72. The average molecular weight is 539 g/mol. The number of hydrogen-bond donors (Lipinski definition) is 2. The Morgan fingerprint density at radius 2 is 1.57 bits per heavy atom. The maximum absolute atomic E-state index is 13.0. The van der Waals surface area contributed by atoms with Crippen LogP contribution in [-0.4, -0.2) is 59.6 Å². The summed E-state index contributed by atoms with van der Waals surface area (Å²) < 4.78 is 0. The van der Waals surface area contributed by atoms with Crippen LogP contribution in [0.25, 0.3) is 0 Å². The smallest absolute Gasteiger partial charge is 0.253 e. The monoisotopic (exact) mass is 538 g/mol. The van der Waals surface area contributed by atoms with Gasteiger partial charge in [0.05, 0.1) is 12.3 Å². The Bertz CT molecular complexity index is 1390. The van der Waals surface area contributed by atoms with E-state index in [4.69, 9.17) is 0 Å². The van der Waals surface area contributed by atoms with Crippen LogP contribution in [0.4, 0.5) is 11.4 Å². The van der Waals surface area contributed by atoms with Crippen LogP contribution < -0.4 is 10.6 Å². The van der Waals surface area contributed by atoms with Crippen molar-refractivity contribution in [2.24, 2.45) is 5.92 Å². The second kappa shape index (κ2) is 12.2. The van der Waals surface area contributed by atoms with Crippen LogP contribution in [0.15, 0.2) is 78.9 Å². The van der Waals surface area contributed by atoms with Crippen molar-refractivity contribution < 1.29 is 19.2 Å². The van der Waals surface area contributed by atoms with E-state index in [9.17, 15) is 19.2 Å². The van der Waals surface area contributed by atoms with E-state index < -0.39 is 0 Å². The van der Waals surface area contributed by atoms with Crippen molar-refractivity contribution in [1.82, 2.24) is 9.80 Å². The molecule has 40 heavy (non-hydrogen) atoms. The van der Waals surface area contributed by atoms with E-state index in [1.54, 1.807) is 64.4 Å². The van der Waals surface area contributed by atoms with E-state index in [0.29, 0.717) is 48.1 Å². The van der Waals surface area contributed by atoms with Gasteiger partial charge in [-0.3, -0.25) is 19.2 Å². The minimum atomic E-state index is -0.299. The number of rotatable bonds is 8. The molecule has 2 N–H and O–H groups in total. The van der Waals surface area contributed by atoms with Gasteiger partial charge in [-0.05, 0) is 79.8 Å². The molecule has 1 unspecified atom stereocenters. The predicted octanol–water partition coefficient (Wildman–Crippen LogP) is 4.59. The third-order valence-electron chi connectivity index (χ3n) is 7.49. The van der Waals surface area contributed by atoms with Crippen LogP contribution in [0, 0.1) is 5.92 Å². The highest BCUT2D eigenvalue weighted by atomic mass is 16.2. The maximum atomic E-state index is 13.0. The summed E-state index contributed by atoms with van der Waals surface area (Å²) in [5, 5.41) is 5.84. The van der Waals surface area contributed by atoms with Crippen molar-refractivity contribution in [3.8, 4) is 0 Å². The first-order chi connectivity index (χ1) is 19.4. The van der Waals surface area contributed by atoms with Crippen molar-refractivity contribution in [3.63, 3.8) is 0 Å². The molecule has 0 spiro atoms. The lowest BCUT2D eigenvalue weighted by molar-refractivity contribution is -0.121. The van der Waals surface area contributed by atoms with E-state index >= 15 is 0 Å². The highest BCUT2D eigenvalue weighted by molar-refractivity contribution is 5.97. The van der Waals surface area contributed by atoms with Crippen molar-refractivity contribution in [3.05, 3.63) is 95.6 Å². The molecule has 0 bridgehead atoms. The van der Waals surface area contributed by atoms with Gasteiger partial charge in [0, 0.05) is 48.7 Å². The number of benzene rings is 3. The van der Waals surface area contributed by atoms with Crippen LogP contribution in [-0.2, 0) is 16.0 Å². The number of amides is 4. The van der Waals surface area contributed by atoms with Gasteiger partial charge >= 0.3 is 0 Å². The zero-order valence-electron chi connectivity index (χ0n) is 22.6. The van der Waals surface area contributed by atoms with Gasteiger partial charge in [-0.25, -0.2) is 0 Å². The van der Waals surface area contributed by atoms with Gasteiger partial charge in [0.2, 0.25) is 11.8 Å². The van der Waals surface area contributed by atoms with Crippen LogP contribution in [0.5, 0.6) is 0 Å². The molecular weight excluding hydrogens is 504 g/mol. The van der Waals surface area contributed by atoms with Gasteiger partial charge in [0.25, 0.3) is 11.8 Å². The Hall–Kier alpha value is -4.46. The molecule has 1 saturated heterocycles. The third-order valence-corrected chi connectivity index (χ3v) is 7.49. The largest absolute Gasteiger partial charge is 0.339 e. The highest BCUT2D eigenvalue weighted by Crippen LogP contribution is 2.27. The fraction of sp³-hybridized carbons (Fsp3) is 0.312. The SMILES string of the molecule is CN(C(=O)c1ccc(NC(=O)Cc2cccc(NC(=O)C3CCCN(C(=O)c4ccccc4)C3)c2)cc1)C1CC1. The molecule has 3 aromatic carbocycles. The lowest BCUT2D eigenvalue weighted by Crippen LogP contribution is -2.43. The molecule has 206 valence electrons. The molecule has 0 radical (unpaired) electrons. The summed E-state index contributed by atoms with van der Waals surface area (Å²) in [5.74, 6) is -0.692. The molecule has 1 saturated carbocycles. The lowest BCUT2D eigenvalue weighted by atomic mass is 9.96. The molecule has 1 heterocycles. The first-order valence-electron chi connectivity index (χ1n) is 13.8. The molecule has 2 fully saturated rings. The first-order valence-corrected chi connectivity index (χ1v) is 13.8. The minimum absolute atomic E-state index is 0.0111. The standard InChI is InChI=1S/C32H34N4O4/c1-35(28-16-17-28)31(39)24-12-14-26(15-13-24)33-29(37)20-22-7-5-11-27(19-22)34-30(38)25-10-6-18-36(21-25)32(40)23-8-3-2-4-9-23/h2-5,7-9,11-15,19,25,28H,6,10,16-18,20-21H2,1H3,(H,33,37)(H,34,38). The quantitative estimate of drug-likeness (QED) is 0.438. The Kier molecular flexibility index (Phi) is 8.24. The topological polar surface area (TPSA) is 98.8 Å². The zero-order valence-corrected chi connectivity index (χ0v) is 22.6. The van der Waals surface area contributed by atoms with Gasteiger partial charge in [0.15, 0.2) is 0 Å². The van der Waals surface area contributed by atoms with E-state index in [2.05, 4.69) is 10.6 Å². The van der Waals surface area contributed by atoms with E-state index in [0.717, 1.165) is 24.8 Å². The molecule has 2 aliphatic rings. The number of carbonyl (C=O) groups is 4. The molecule has 0 aromatic heterocycles. The predicted molar refractivity (Wildman–Crippen MR) is 154 cm³/mol. The molecule has 1 atom stereocenters. The number of anilines is 2. The summed E-state index contributed by atoms with van der Waals surface area (Å²) in [5.41, 5.74) is 3.22. The fourth-order valence-electron chi connectivity index (χ4n) is 5.06. The molecule has 5 rings (SSSR count). The second-order valence-electron chi connectivity index (χ2n) is 10.6. The lowest BCUT2D eigenvalue weighted by Gasteiger charge is -2.32. The van der Waals surface area contributed by atoms with E-state index in [-0.39, 0.29) is 36.0 Å². The Morgan fingerprint density at radius 1 is 0.825 bits per heavy atom. The minimum Gasteiger partial charge on any atom is -0.339 e. The summed E-state index contributed by atoms with van der Waals surface area (Å²) in [6, 6.07) is 23.6. The molecule has 1 aliphatic heterocycles. The normalized spacial score (nSPS) is 16.6. The van der Waals surface area contributed by atoms with Gasteiger partial charge in [0.1, 0.15) is 0 Å². The molecule has 8 nitrogen and oxygen atoms in total. The van der Waals surface area contributed by atoms with Crippen molar-refractivity contribution >= 4 is 35.0 Å². The molecule has 4 amide bonds. The van der Waals surface area contributed by atoms with Crippen molar-refractivity contribution in [1.29, 1.82) is 0 Å². The molecular formula is C32H34N4O4. The van der Waals surface area contributed by atoms with Gasteiger partial charge in [-0.1, -0.05) is 30.3 Å². The number of piperidine rings is 1. The van der Waals surface area contributed by atoms with Crippen LogP contribution >= 0.6 is 0 Å². The molecule has 3 aromatic rings. The zero-order chi connectivity index (χ0) is 28.1. The Labute approximate surface area is 234 Å². The first kappa shape index (κ1) is 27.1. The van der Waals surface area contributed by atoms with Crippen LogP contribution in [0.3, 0.4) is 0 Å². The number of hydrogen-bond acceptors (Lipinski definition) is 4. The van der Waals surface area contributed by atoms with E-state index in [1.807, 2.05) is 31.3 Å². The molecule has 8 heteroatoms. The number of carbonyl (C=O) groups excluding carboxylic acids is 4. The number of likely N-dealkylation sites (tertiary alicyclic amines) is 1. The number of nitrogens with zero attached hydrogens (tertiary/aromatic N) is 2. The van der Waals surface area contributed by atoms with Crippen LogP contribution in [0.1, 0.15) is 52.0 Å². The third kappa shape index (κ3) is 6.75. The van der Waals surface area contributed by atoms with Gasteiger partial charge < -0.3 is 20.4 Å². The van der Waals surface area contributed by atoms with Crippen molar-refractivity contribution in [2.75, 3.05) is 30.8 Å². The fourth-order valence-corrected chi connectivity index (χ4v) is 5.06. The summed E-state index contributed by atoms with van der Waals surface area (Å²) >= 11 is 0. The maximum Gasteiger partial charge on any atom is 0.253 e. The van der Waals surface area contributed by atoms with Gasteiger partial charge in [-0.2, -0.15) is 0 Å². The Morgan fingerprint density at radius 3 is 2.30 bits per heavy atom. The van der Waals surface area contributed by atoms with Crippen LogP contribution in [0.2, 0.25) is 0 Å². The summed E-state index contributed by atoms with van der Waals surface area (Å²) in [4.78, 5) is 54.6. The highest BCUT2D eigenvalue weighted by Gasteiger charge is 2.30. The molecule has 1 aliphatic carbocycles. The van der Waals surface area contributed by atoms with Gasteiger partial charge in [-0.15, -0.1) is 0 Å². The second-order valence-corrected chi connectivity index (χ2v) is 10.6. The van der Waals surface area contributed by atoms with E-state index in [1.165, 1.54) is 0 Å². The van der Waals surface area contributed by atoms with Crippen molar-refractivity contribution in [2.45, 2.75) is 38.1 Å². The average Bonchev–Trinajstić information content (AvgIpc) is 3.83. The number of nitrogens with one attached hydrogen (secondary N) is 2. The Balaban J connectivity index is 1.13.